The van der Waals surface area contributed by atoms with Crippen LogP contribution >= 0.6 is 0 Å². The highest BCUT2D eigenvalue weighted by molar-refractivity contribution is 5.22. The van der Waals surface area contributed by atoms with E-state index in [0.717, 1.165) is 6.07 Å². The topological polar surface area (TPSA) is 12.0 Å². The van der Waals surface area contributed by atoms with Gasteiger partial charge in [-0.15, -0.1) is 0 Å². The lowest BCUT2D eigenvalue weighted by Crippen LogP contribution is -2.38. The van der Waals surface area contributed by atoms with E-state index in [9.17, 15) is 13.2 Å². The van der Waals surface area contributed by atoms with Gasteiger partial charge in [0.1, 0.15) is 5.82 Å². The Morgan fingerprint density at radius 1 is 1.07 bits per heavy atom. The lowest BCUT2D eigenvalue weighted by Gasteiger charge is -2.24. The van der Waals surface area contributed by atoms with Crippen LogP contribution in [0.1, 0.15) is 19.4 Å². The lowest BCUT2D eigenvalue weighted by molar-refractivity contribution is 0.409. The van der Waals surface area contributed by atoms with Gasteiger partial charge in [-0.05, 0) is 38.9 Å². The molecule has 1 N–H and O–H groups in total. The molecule has 0 spiro atoms. The predicted octanol–water partition coefficient (Wildman–Crippen LogP) is 2.64. The molecule has 0 aliphatic carbocycles. The van der Waals surface area contributed by atoms with Crippen LogP contribution in [0, 0.1) is 17.5 Å². The zero-order valence-electron chi connectivity index (χ0n) is 9.00. The van der Waals surface area contributed by atoms with Crippen molar-refractivity contribution >= 4 is 0 Å². The van der Waals surface area contributed by atoms with Crippen LogP contribution in [0.5, 0.6) is 0 Å². The second-order valence-electron chi connectivity index (χ2n) is 4.17. The van der Waals surface area contributed by atoms with Crippen molar-refractivity contribution < 1.29 is 13.2 Å². The summed E-state index contributed by atoms with van der Waals surface area (Å²) in [7, 11) is 1.73. The molecule has 0 fully saturated rings. The van der Waals surface area contributed by atoms with Gasteiger partial charge in [0.2, 0.25) is 0 Å². The van der Waals surface area contributed by atoms with Gasteiger partial charge < -0.3 is 5.32 Å². The standard InChI is InChI=1S/C11H14F3N/c1-11(2,15-3)6-7-4-9(13)10(14)5-8(7)12/h4-5,15H,6H2,1-3H3. The van der Waals surface area contributed by atoms with E-state index >= 15 is 0 Å². The number of hydrogen-bond acceptors (Lipinski definition) is 1. The van der Waals surface area contributed by atoms with Gasteiger partial charge in [0.25, 0.3) is 0 Å². The molecule has 0 atom stereocenters. The molecule has 0 saturated heterocycles. The quantitative estimate of drug-likeness (QED) is 0.767. The summed E-state index contributed by atoms with van der Waals surface area (Å²) in [6.07, 6.45) is 0.298. The zero-order chi connectivity index (χ0) is 11.6. The van der Waals surface area contributed by atoms with E-state index < -0.39 is 17.5 Å². The van der Waals surface area contributed by atoms with Gasteiger partial charge in [-0.3, -0.25) is 0 Å². The van der Waals surface area contributed by atoms with Gasteiger partial charge in [0.15, 0.2) is 11.6 Å². The average molecular weight is 217 g/mol. The zero-order valence-corrected chi connectivity index (χ0v) is 9.00. The van der Waals surface area contributed by atoms with Crippen LogP contribution in [0.25, 0.3) is 0 Å². The van der Waals surface area contributed by atoms with Gasteiger partial charge in [-0.2, -0.15) is 0 Å². The normalized spacial score (nSPS) is 11.9. The third-order valence-electron chi connectivity index (χ3n) is 2.40. The first-order valence-corrected chi connectivity index (χ1v) is 4.68. The van der Waals surface area contributed by atoms with Crippen molar-refractivity contribution in [2.24, 2.45) is 0 Å². The second kappa shape index (κ2) is 4.23. The van der Waals surface area contributed by atoms with E-state index in [0.29, 0.717) is 12.5 Å². The maximum atomic E-state index is 13.3. The molecule has 0 bridgehead atoms. The SMILES string of the molecule is CNC(C)(C)Cc1cc(F)c(F)cc1F. The van der Waals surface area contributed by atoms with Gasteiger partial charge in [-0.1, -0.05) is 0 Å². The Kier molecular flexibility index (Phi) is 3.39. The van der Waals surface area contributed by atoms with Crippen LogP contribution in [-0.4, -0.2) is 12.6 Å². The Hall–Kier alpha value is -1.03. The Bertz CT molecular complexity index is 361. The van der Waals surface area contributed by atoms with Crippen molar-refractivity contribution in [3.63, 3.8) is 0 Å². The summed E-state index contributed by atoms with van der Waals surface area (Å²) in [5, 5.41) is 2.97. The minimum absolute atomic E-state index is 0.174. The van der Waals surface area contributed by atoms with E-state index in [1.165, 1.54) is 0 Å². The first kappa shape index (κ1) is 12.0. The molecule has 84 valence electrons. The predicted molar refractivity (Wildman–Crippen MR) is 53.2 cm³/mol. The summed E-state index contributed by atoms with van der Waals surface area (Å²) in [6, 6.07) is 1.49. The molecule has 1 aromatic rings. The molecule has 15 heavy (non-hydrogen) atoms. The summed E-state index contributed by atoms with van der Waals surface area (Å²) in [5.74, 6) is -2.88. The average Bonchev–Trinajstić information content (AvgIpc) is 2.14. The summed E-state index contributed by atoms with van der Waals surface area (Å²) in [4.78, 5) is 0. The van der Waals surface area contributed by atoms with E-state index in [1.807, 2.05) is 13.8 Å². The molecule has 0 heterocycles. The first-order chi connectivity index (χ1) is 6.85. The molecule has 0 amide bonds. The maximum Gasteiger partial charge on any atom is 0.161 e. The van der Waals surface area contributed by atoms with E-state index in [1.54, 1.807) is 7.05 Å². The number of halogens is 3. The number of nitrogens with one attached hydrogen (secondary N) is 1. The fourth-order valence-corrected chi connectivity index (χ4v) is 1.26. The Balaban J connectivity index is 3.01. The summed E-state index contributed by atoms with van der Waals surface area (Å²) >= 11 is 0. The Labute approximate surface area is 87.3 Å². The molecule has 0 aliphatic rings. The third-order valence-corrected chi connectivity index (χ3v) is 2.40. The van der Waals surface area contributed by atoms with Gasteiger partial charge in [0.05, 0.1) is 0 Å². The second-order valence-corrected chi connectivity index (χ2v) is 4.17. The molecule has 1 nitrogen and oxygen atoms in total. The monoisotopic (exact) mass is 217 g/mol. The summed E-state index contributed by atoms with van der Waals surface area (Å²) < 4.78 is 38.8. The van der Waals surface area contributed by atoms with Crippen LogP contribution in [-0.2, 0) is 6.42 Å². The van der Waals surface area contributed by atoms with Crippen molar-refractivity contribution in [3.05, 3.63) is 35.1 Å². The molecule has 1 aromatic carbocycles. The van der Waals surface area contributed by atoms with Crippen molar-refractivity contribution in [3.8, 4) is 0 Å². The fraction of sp³-hybridized carbons (Fsp3) is 0.455. The lowest BCUT2D eigenvalue weighted by atomic mass is 9.95. The van der Waals surface area contributed by atoms with E-state index in [2.05, 4.69) is 5.32 Å². The number of likely N-dealkylation sites (N-methyl/N-ethyl adjacent to an activating group) is 1. The molecular formula is C11H14F3N. The number of rotatable bonds is 3. The molecular weight excluding hydrogens is 203 g/mol. The van der Waals surface area contributed by atoms with Gasteiger partial charge >= 0.3 is 0 Å². The van der Waals surface area contributed by atoms with Gasteiger partial charge in [0, 0.05) is 11.6 Å². The largest absolute Gasteiger partial charge is 0.314 e. The minimum atomic E-state index is -1.15. The van der Waals surface area contributed by atoms with Crippen LogP contribution in [0.15, 0.2) is 12.1 Å². The molecule has 0 saturated carbocycles. The number of benzene rings is 1. The molecule has 1 rings (SSSR count). The highest BCUT2D eigenvalue weighted by Gasteiger charge is 2.19. The summed E-state index contributed by atoms with van der Waals surface area (Å²) in [6.45, 7) is 3.71. The molecule has 0 radical (unpaired) electrons. The fourth-order valence-electron chi connectivity index (χ4n) is 1.26. The van der Waals surface area contributed by atoms with Gasteiger partial charge in [-0.25, -0.2) is 13.2 Å². The van der Waals surface area contributed by atoms with E-state index in [-0.39, 0.29) is 11.1 Å². The Morgan fingerprint density at radius 3 is 2.13 bits per heavy atom. The highest BCUT2D eigenvalue weighted by Crippen LogP contribution is 2.18. The Morgan fingerprint density at radius 2 is 1.60 bits per heavy atom. The van der Waals surface area contributed by atoms with Crippen LogP contribution in [0.2, 0.25) is 0 Å². The van der Waals surface area contributed by atoms with Crippen LogP contribution < -0.4 is 5.32 Å². The van der Waals surface area contributed by atoms with Crippen LogP contribution in [0.3, 0.4) is 0 Å². The first-order valence-electron chi connectivity index (χ1n) is 4.68. The third kappa shape index (κ3) is 2.96. The highest BCUT2D eigenvalue weighted by atomic mass is 19.2. The van der Waals surface area contributed by atoms with Crippen LogP contribution in [0.4, 0.5) is 13.2 Å². The van der Waals surface area contributed by atoms with Crippen molar-refractivity contribution in [2.75, 3.05) is 7.05 Å². The van der Waals surface area contributed by atoms with Crippen molar-refractivity contribution in [1.29, 1.82) is 0 Å². The van der Waals surface area contributed by atoms with E-state index in [4.69, 9.17) is 0 Å². The molecule has 0 unspecified atom stereocenters. The minimum Gasteiger partial charge on any atom is -0.314 e. The maximum absolute atomic E-state index is 13.3. The smallest absolute Gasteiger partial charge is 0.161 e. The van der Waals surface area contributed by atoms with Crippen molar-refractivity contribution in [2.45, 2.75) is 25.8 Å². The molecule has 0 aromatic heterocycles. The van der Waals surface area contributed by atoms with Crippen molar-refractivity contribution in [1.82, 2.24) is 5.32 Å². The number of hydrogen-bond donors (Lipinski definition) is 1. The molecule has 4 heteroatoms. The summed E-state index contributed by atoms with van der Waals surface area (Å²) in [5.41, 5.74) is -0.182. The molecule has 0 aliphatic heterocycles.